The lowest BCUT2D eigenvalue weighted by Crippen LogP contribution is -2.47. The van der Waals surface area contributed by atoms with Crippen molar-refractivity contribution in [2.45, 2.75) is 58.2 Å². The van der Waals surface area contributed by atoms with Gasteiger partial charge in [0.15, 0.2) is 0 Å². The number of benzene rings is 1. The number of rotatable bonds is 3. The lowest BCUT2D eigenvalue weighted by molar-refractivity contribution is 0.0460. The SMILES string of the molecule is CC(C)(C)OC(=O)N[C@]1(C)C[C@H]2CN(Cc3ccccc3)C[C@H]2C1. The van der Waals surface area contributed by atoms with Crippen molar-refractivity contribution in [2.75, 3.05) is 13.1 Å². The average molecular weight is 330 g/mol. The lowest BCUT2D eigenvalue weighted by Gasteiger charge is -2.30. The number of alkyl carbamates (subject to hydrolysis) is 1. The summed E-state index contributed by atoms with van der Waals surface area (Å²) in [4.78, 5) is 14.7. The maximum Gasteiger partial charge on any atom is 0.408 e. The maximum absolute atomic E-state index is 12.1. The van der Waals surface area contributed by atoms with Gasteiger partial charge in [0, 0.05) is 25.2 Å². The van der Waals surface area contributed by atoms with Gasteiger partial charge in [-0.1, -0.05) is 30.3 Å². The predicted molar refractivity (Wildman–Crippen MR) is 95.7 cm³/mol. The van der Waals surface area contributed by atoms with Crippen molar-refractivity contribution in [3.8, 4) is 0 Å². The summed E-state index contributed by atoms with van der Waals surface area (Å²) in [6.07, 6.45) is 1.80. The van der Waals surface area contributed by atoms with Crippen LogP contribution in [0.4, 0.5) is 4.79 Å². The number of carbonyl (C=O) groups is 1. The molecule has 0 unspecified atom stereocenters. The quantitative estimate of drug-likeness (QED) is 0.916. The van der Waals surface area contributed by atoms with Gasteiger partial charge in [-0.15, -0.1) is 0 Å². The van der Waals surface area contributed by atoms with E-state index in [1.807, 2.05) is 20.8 Å². The second-order valence-electron chi connectivity index (χ2n) is 8.80. The average Bonchev–Trinajstić information content (AvgIpc) is 2.91. The monoisotopic (exact) mass is 330 g/mol. The van der Waals surface area contributed by atoms with Crippen molar-refractivity contribution in [2.24, 2.45) is 11.8 Å². The molecule has 0 radical (unpaired) electrons. The molecule has 132 valence electrons. The Morgan fingerprint density at radius 3 is 2.33 bits per heavy atom. The van der Waals surface area contributed by atoms with Crippen LogP contribution in [-0.2, 0) is 11.3 Å². The Morgan fingerprint density at radius 2 is 1.79 bits per heavy atom. The lowest BCUT2D eigenvalue weighted by atomic mass is 9.98. The summed E-state index contributed by atoms with van der Waals surface area (Å²) in [5, 5.41) is 3.13. The van der Waals surface area contributed by atoms with E-state index in [4.69, 9.17) is 4.74 Å². The molecule has 1 heterocycles. The third-order valence-corrected chi connectivity index (χ3v) is 5.13. The highest BCUT2D eigenvalue weighted by Gasteiger charge is 2.47. The Labute approximate surface area is 145 Å². The van der Waals surface area contributed by atoms with Crippen LogP contribution in [0.3, 0.4) is 0 Å². The summed E-state index contributed by atoms with van der Waals surface area (Å²) in [6.45, 7) is 11.2. The molecule has 4 heteroatoms. The van der Waals surface area contributed by atoms with Gasteiger partial charge in [0.1, 0.15) is 5.60 Å². The van der Waals surface area contributed by atoms with Gasteiger partial charge in [-0.3, -0.25) is 4.90 Å². The number of fused-ring (bicyclic) bond motifs is 1. The van der Waals surface area contributed by atoms with Crippen LogP contribution < -0.4 is 5.32 Å². The van der Waals surface area contributed by atoms with E-state index in [2.05, 4.69) is 47.5 Å². The van der Waals surface area contributed by atoms with Crippen molar-refractivity contribution >= 4 is 6.09 Å². The number of likely N-dealkylation sites (tertiary alicyclic amines) is 1. The molecule has 1 amide bonds. The fourth-order valence-electron chi connectivity index (χ4n) is 4.36. The minimum atomic E-state index is -0.443. The Hall–Kier alpha value is -1.55. The number of ether oxygens (including phenoxy) is 1. The zero-order valence-electron chi connectivity index (χ0n) is 15.3. The zero-order valence-corrected chi connectivity index (χ0v) is 15.3. The van der Waals surface area contributed by atoms with Gasteiger partial charge in [0.05, 0.1) is 0 Å². The number of nitrogens with one attached hydrogen (secondary N) is 1. The molecule has 1 saturated heterocycles. The molecule has 1 aliphatic heterocycles. The van der Waals surface area contributed by atoms with Crippen LogP contribution in [0.15, 0.2) is 30.3 Å². The molecule has 24 heavy (non-hydrogen) atoms. The van der Waals surface area contributed by atoms with Gasteiger partial charge >= 0.3 is 6.09 Å². The number of amides is 1. The fourth-order valence-corrected chi connectivity index (χ4v) is 4.36. The molecule has 4 nitrogen and oxygen atoms in total. The first-order chi connectivity index (χ1) is 11.2. The molecule has 0 aromatic heterocycles. The highest BCUT2D eigenvalue weighted by Crippen LogP contribution is 2.44. The second-order valence-corrected chi connectivity index (χ2v) is 8.80. The van der Waals surface area contributed by atoms with Crippen LogP contribution in [0.5, 0.6) is 0 Å². The number of hydrogen-bond acceptors (Lipinski definition) is 3. The Kier molecular flexibility index (Phi) is 4.60. The molecule has 3 atom stereocenters. The van der Waals surface area contributed by atoms with Crippen molar-refractivity contribution in [3.63, 3.8) is 0 Å². The van der Waals surface area contributed by atoms with E-state index in [1.165, 1.54) is 5.56 Å². The fraction of sp³-hybridized carbons (Fsp3) is 0.650. The molecular weight excluding hydrogens is 300 g/mol. The third-order valence-electron chi connectivity index (χ3n) is 5.13. The van der Waals surface area contributed by atoms with Gasteiger partial charge < -0.3 is 10.1 Å². The standard InChI is InChI=1S/C20H30N2O2/c1-19(2,3)24-18(23)21-20(4)10-16-13-22(14-17(16)11-20)12-15-8-6-5-7-9-15/h5-9,16-17H,10-14H2,1-4H3,(H,21,23)/t16-,17+,20+. The first-order valence-corrected chi connectivity index (χ1v) is 9.00. The van der Waals surface area contributed by atoms with Crippen LogP contribution in [0.25, 0.3) is 0 Å². The Morgan fingerprint density at radius 1 is 1.21 bits per heavy atom. The smallest absolute Gasteiger partial charge is 0.408 e. The molecule has 1 N–H and O–H groups in total. The number of nitrogens with zero attached hydrogens (tertiary/aromatic N) is 1. The van der Waals surface area contributed by atoms with E-state index in [-0.39, 0.29) is 11.6 Å². The van der Waals surface area contributed by atoms with Crippen LogP contribution in [-0.4, -0.2) is 35.2 Å². The van der Waals surface area contributed by atoms with Gasteiger partial charge in [-0.2, -0.15) is 0 Å². The topological polar surface area (TPSA) is 41.6 Å². The van der Waals surface area contributed by atoms with Crippen LogP contribution in [0.2, 0.25) is 0 Å². The molecule has 1 saturated carbocycles. The van der Waals surface area contributed by atoms with Crippen LogP contribution in [0.1, 0.15) is 46.1 Å². The molecule has 1 aromatic carbocycles. The van der Waals surface area contributed by atoms with E-state index in [0.29, 0.717) is 11.8 Å². The largest absolute Gasteiger partial charge is 0.444 e. The highest BCUT2D eigenvalue weighted by atomic mass is 16.6. The van der Waals surface area contributed by atoms with Gasteiger partial charge in [-0.05, 0) is 57.9 Å². The summed E-state index contributed by atoms with van der Waals surface area (Å²) >= 11 is 0. The number of carbonyl (C=O) groups excluding carboxylic acids is 1. The molecule has 3 rings (SSSR count). The van der Waals surface area contributed by atoms with E-state index < -0.39 is 5.60 Å². The Bertz CT molecular complexity index is 565. The summed E-state index contributed by atoms with van der Waals surface area (Å²) in [7, 11) is 0. The van der Waals surface area contributed by atoms with Gasteiger partial charge in [0.25, 0.3) is 0 Å². The molecule has 1 aromatic rings. The van der Waals surface area contributed by atoms with Crippen molar-refractivity contribution in [3.05, 3.63) is 35.9 Å². The summed E-state index contributed by atoms with van der Waals surface area (Å²) in [6, 6.07) is 10.7. The van der Waals surface area contributed by atoms with E-state index >= 15 is 0 Å². The first kappa shape index (κ1) is 17.3. The minimum Gasteiger partial charge on any atom is -0.444 e. The van der Waals surface area contributed by atoms with Crippen LogP contribution >= 0.6 is 0 Å². The first-order valence-electron chi connectivity index (χ1n) is 9.00. The van der Waals surface area contributed by atoms with Gasteiger partial charge in [0.2, 0.25) is 0 Å². The van der Waals surface area contributed by atoms with Crippen molar-refractivity contribution < 1.29 is 9.53 Å². The van der Waals surface area contributed by atoms with E-state index in [0.717, 1.165) is 32.5 Å². The zero-order chi connectivity index (χ0) is 17.4. The molecule has 2 aliphatic rings. The maximum atomic E-state index is 12.1. The van der Waals surface area contributed by atoms with Crippen molar-refractivity contribution in [1.82, 2.24) is 10.2 Å². The van der Waals surface area contributed by atoms with E-state index in [1.54, 1.807) is 0 Å². The normalized spacial score (nSPS) is 30.2. The molecule has 0 bridgehead atoms. The third kappa shape index (κ3) is 4.29. The number of hydrogen-bond donors (Lipinski definition) is 1. The summed E-state index contributed by atoms with van der Waals surface area (Å²) < 4.78 is 5.43. The highest BCUT2D eigenvalue weighted by molar-refractivity contribution is 5.68. The Balaban J connectivity index is 1.52. The van der Waals surface area contributed by atoms with Crippen LogP contribution in [0, 0.1) is 11.8 Å². The molecular formula is C20H30N2O2. The summed E-state index contributed by atoms with van der Waals surface area (Å²) in [5.74, 6) is 1.35. The molecule has 1 aliphatic carbocycles. The van der Waals surface area contributed by atoms with E-state index in [9.17, 15) is 4.79 Å². The molecule has 0 spiro atoms. The molecule has 2 fully saturated rings. The second kappa shape index (κ2) is 6.40. The van der Waals surface area contributed by atoms with Gasteiger partial charge in [-0.25, -0.2) is 4.79 Å². The summed E-state index contributed by atoms with van der Waals surface area (Å²) in [5.41, 5.74) is 0.810. The minimum absolute atomic E-state index is 0.128. The van der Waals surface area contributed by atoms with Crippen molar-refractivity contribution in [1.29, 1.82) is 0 Å². The predicted octanol–water partition coefficient (Wildman–Crippen LogP) is 3.81.